The molecule has 3 fully saturated rings. The largest absolute Gasteiger partial charge is 0.396 e. The van der Waals surface area contributed by atoms with E-state index in [0.717, 1.165) is 24.7 Å². The molecule has 1 aromatic heterocycles. The van der Waals surface area contributed by atoms with E-state index in [9.17, 15) is 23.1 Å². The van der Waals surface area contributed by atoms with Crippen molar-refractivity contribution in [2.24, 2.45) is 23.7 Å². The molecule has 2 atom stereocenters. The van der Waals surface area contributed by atoms with Gasteiger partial charge in [-0.05, 0) is 78.0 Å². The number of aromatic amines is 1. The zero-order valence-electron chi connectivity index (χ0n) is 17.3. The fourth-order valence-electron chi connectivity index (χ4n) is 5.92. The summed E-state index contributed by atoms with van der Waals surface area (Å²) in [5.74, 6) is -0.443. The monoisotopic (exact) mass is 440 g/mol. The number of nitrogens with one attached hydrogen (secondary N) is 1. The maximum Gasteiger partial charge on any atom is 0.225 e. The number of hydrogen-bond acceptors (Lipinski definition) is 2. The van der Waals surface area contributed by atoms with Crippen LogP contribution in [0.4, 0.5) is 13.2 Å². The van der Waals surface area contributed by atoms with Crippen molar-refractivity contribution in [2.45, 2.75) is 18.8 Å². The quantitative estimate of drug-likeness (QED) is 0.630. The first kappa shape index (κ1) is 19.9. The van der Waals surface area contributed by atoms with E-state index in [1.165, 1.54) is 18.2 Å². The van der Waals surface area contributed by atoms with Gasteiger partial charge < -0.3 is 15.0 Å². The van der Waals surface area contributed by atoms with Crippen molar-refractivity contribution in [1.29, 1.82) is 0 Å². The number of aromatic nitrogens is 1. The number of H-pyrrole nitrogens is 1. The van der Waals surface area contributed by atoms with Crippen LogP contribution in [0.5, 0.6) is 0 Å². The van der Waals surface area contributed by atoms with Crippen LogP contribution >= 0.6 is 0 Å². The molecule has 3 aromatic rings. The van der Waals surface area contributed by atoms with Crippen LogP contribution in [-0.2, 0) is 4.79 Å². The van der Waals surface area contributed by atoms with Gasteiger partial charge in [0.1, 0.15) is 17.5 Å². The molecule has 166 valence electrons. The van der Waals surface area contributed by atoms with E-state index < -0.39 is 11.6 Å². The minimum Gasteiger partial charge on any atom is -0.396 e. The molecule has 1 amide bonds. The maximum absolute atomic E-state index is 14.5. The molecule has 7 heteroatoms. The zero-order chi connectivity index (χ0) is 22.1. The zero-order valence-corrected chi connectivity index (χ0v) is 17.3. The van der Waals surface area contributed by atoms with Crippen molar-refractivity contribution in [3.8, 4) is 11.3 Å². The minimum atomic E-state index is -0.670. The first-order valence-electron chi connectivity index (χ1n) is 11.1. The van der Waals surface area contributed by atoms with Crippen LogP contribution in [0.15, 0.2) is 36.4 Å². The van der Waals surface area contributed by atoms with E-state index in [4.69, 9.17) is 0 Å². The first-order valence-corrected chi connectivity index (χ1v) is 11.1. The first-order chi connectivity index (χ1) is 15.4. The van der Waals surface area contributed by atoms with Crippen molar-refractivity contribution >= 4 is 16.8 Å². The Hall–Kier alpha value is -2.80. The third kappa shape index (κ3) is 2.98. The number of piperidine rings is 1. The number of rotatable bonds is 4. The average molecular weight is 440 g/mol. The summed E-state index contributed by atoms with van der Waals surface area (Å²) in [6, 6.07) is 8.10. The second kappa shape index (κ2) is 7.10. The molecule has 6 rings (SSSR count). The number of carbonyl (C=O) groups excluding carboxylic acids is 1. The molecule has 32 heavy (non-hydrogen) atoms. The molecule has 2 aromatic carbocycles. The van der Waals surface area contributed by atoms with E-state index in [-0.39, 0.29) is 35.7 Å². The minimum absolute atomic E-state index is 0.0127. The van der Waals surface area contributed by atoms with Gasteiger partial charge >= 0.3 is 0 Å². The standard InChI is InChI=1S/C25H23F3N2O2/c26-15-3-1-12(2-4-15)23-22(17-7-16(27)8-21(28)24(17)29-23)13-5-14(6-13)25(32)30-9-18-19(10-30)20(18)11-31/h1-4,7-8,13-14,18-20,29,31H,5-6,9-11H2. The molecule has 1 saturated heterocycles. The third-order valence-electron chi connectivity index (χ3n) is 7.79. The highest BCUT2D eigenvalue weighted by molar-refractivity contribution is 5.92. The molecule has 2 N–H and O–H groups in total. The molecule has 0 spiro atoms. The van der Waals surface area contributed by atoms with Gasteiger partial charge in [0.2, 0.25) is 5.91 Å². The van der Waals surface area contributed by atoms with Crippen LogP contribution in [0.2, 0.25) is 0 Å². The lowest BCUT2D eigenvalue weighted by Gasteiger charge is -2.37. The molecule has 0 radical (unpaired) electrons. The Morgan fingerprint density at radius 2 is 1.72 bits per heavy atom. The number of aliphatic hydroxyl groups is 1. The Kier molecular flexibility index (Phi) is 4.41. The molecule has 1 aliphatic heterocycles. The molecular weight excluding hydrogens is 417 g/mol. The van der Waals surface area contributed by atoms with Gasteiger partial charge in [-0.3, -0.25) is 4.79 Å². The lowest BCUT2D eigenvalue weighted by atomic mass is 9.69. The van der Waals surface area contributed by atoms with Crippen LogP contribution in [0, 0.1) is 41.1 Å². The second-order valence-electron chi connectivity index (χ2n) is 9.51. The van der Waals surface area contributed by atoms with Crippen molar-refractivity contribution in [3.63, 3.8) is 0 Å². The van der Waals surface area contributed by atoms with Gasteiger partial charge in [-0.2, -0.15) is 0 Å². The number of halogens is 3. The average Bonchev–Trinajstić information content (AvgIpc) is 3.05. The van der Waals surface area contributed by atoms with Gasteiger partial charge in [-0.25, -0.2) is 13.2 Å². The van der Waals surface area contributed by atoms with Crippen LogP contribution in [-0.4, -0.2) is 40.6 Å². The van der Waals surface area contributed by atoms with E-state index >= 15 is 0 Å². The molecule has 2 heterocycles. The summed E-state index contributed by atoms with van der Waals surface area (Å²) in [5.41, 5.74) is 2.36. The van der Waals surface area contributed by atoms with Gasteiger partial charge in [-0.1, -0.05) is 0 Å². The van der Waals surface area contributed by atoms with Crippen LogP contribution in [0.25, 0.3) is 22.2 Å². The number of carbonyl (C=O) groups is 1. The Morgan fingerprint density at radius 3 is 2.38 bits per heavy atom. The summed E-state index contributed by atoms with van der Waals surface area (Å²) >= 11 is 0. The summed E-state index contributed by atoms with van der Waals surface area (Å²) in [7, 11) is 0. The highest BCUT2D eigenvalue weighted by atomic mass is 19.1. The summed E-state index contributed by atoms with van der Waals surface area (Å²) in [6.07, 6.45) is 1.24. The van der Waals surface area contributed by atoms with Crippen LogP contribution in [0.3, 0.4) is 0 Å². The Labute approximate surface area is 183 Å². The smallest absolute Gasteiger partial charge is 0.225 e. The fraction of sp³-hybridized carbons (Fsp3) is 0.400. The number of aliphatic hydroxyl groups excluding tert-OH is 1. The topological polar surface area (TPSA) is 56.3 Å². The predicted molar refractivity (Wildman–Crippen MR) is 113 cm³/mol. The van der Waals surface area contributed by atoms with Crippen molar-refractivity contribution < 1.29 is 23.1 Å². The van der Waals surface area contributed by atoms with Crippen molar-refractivity contribution in [2.75, 3.05) is 19.7 Å². The molecule has 4 nitrogen and oxygen atoms in total. The summed E-state index contributed by atoms with van der Waals surface area (Å²) in [5, 5.41) is 9.80. The van der Waals surface area contributed by atoms with Crippen LogP contribution in [0.1, 0.15) is 24.3 Å². The van der Waals surface area contributed by atoms with Gasteiger partial charge in [-0.15, -0.1) is 0 Å². The van der Waals surface area contributed by atoms with E-state index in [0.29, 0.717) is 47.2 Å². The number of likely N-dealkylation sites (tertiary alicyclic amines) is 1. The number of fused-ring (bicyclic) bond motifs is 2. The Balaban J connectivity index is 1.28. The van der Waals surface area contributed by atoms with Crippen LogP contribution < -0.4 is 0 Å². The molecule has 2 unspecified atom stereocenters. The number of hydrogen-bond donors (Lipinski definition) is 2. The lowest BCUT2D eigenvalue weighted by Crippen LogP contribution is -2.41. The molecule has 2 aliphatic carbocycles. The SMILES string of the molecule is O=C(C1CC(c2c(-c3ccc(F)cc3)[nH]c3c(F)cc(F)cc23)C1)N1CC2C(CO)C2C1. The van der Waals surface area contributed by atoms with E-state index in [1.807, 2.05) is 4.90 Å². The Bertz CT molecular complexity index is 1200. The molecule has 3 aliphatic rings. The number of benzene rings is 2. The van der Waals surface area contributed by atoms with Gasteiger partial charge in [0.25, 0.3) is 0 Å². The van der Waals surface area contributed by atoms with Crippen molar-refractivity contribution in [3.05, 3.63) is 59.4 Å². The van der Waals surface area contributed by atoms with E-state index in [2.05, 4.69) is 4.98 Å². The second-order valence-corrected chi connectivity index (χ2v) is 9.51. The maximum atomic E-state index is 14.5. The highest BCUT2D eigenvalue weighted by Crippen LogP contribution is 2.53. The molecule has 2 saturated carbocycles. The van der Waals surface area contributed by atoms with E-state index in [1.54, 1.807) is 12.1 Å². The van der Waals surface area contributed by atoms with Crippen molar-refractivity contribution in [1.82, 2.24) is 9.88 Å². The van der Waals surface area contributed by atoms with Gasteiger partial charge in [0.05, 0.1) is 11.2 Å². The van der Waals surface area contributed by atoms with Gasteiger partial charge in [0.15, 0.2) is 0 Å². The number of amides is 1. The molecular formula is C25H23F3N2O2. The predicted octanol–water partition coefficient (Wildman–Crippen LogP) is 4.44. The fourth-order valence-corrected chi connectivity index (χ4v) is 5.92. The Morgan fingerprint density at radius 1 is 1.03 bits per heavy atom. The molecule has 0 bridgehead atoms. The summed E-state index contributed by atoms with van der Waals surface area (Å²) in [4.78, 5) is 18.0. The van der Waals surface area contributed by atoms with Gasteiger partial charge in [0, 0.05) is 37.1 Å². The lowest BCUT2D eigenvalue weighted by molar-refractivity contribution is -0.138. The number of nitrogens with zero attached hydrogens (tertiary/aromatic N) is 1. The third-order valence-corrected chi connectivity index (χ3v) is 7.79. The normalized spacial score (nSPS) is 28.6. The summed E-state index contributed by atoms with van der Waals surface area (Å²) < 4.78 is 42.0. The highest BCUT2D eigenvalue weighted by Gasteiger charge is 2.57. The summed E-state index contributed by atoms with van der Waals surface area (Å²) in [6.45, 7) is 1.64.